The van der Waals surface area contributed by atoms with Gasteiger partial charge in [0, 0.05) is 56.3 Å². The summed E-state index contributed by atoms with van der Waals surface area (Å²) in [6.45, 7) is 28.8. The molecule has 2 heterocycles. The van der Waals surface area contributed by atoms with Gasteiger partial charge >= 0.3 is 0 Å². The molecule has 3 atom stereocenters. The molecule has 2 aliphatic carbocycles. The third-order valence-corrected chi connectivity index (χ3v) is 17.5. The number of rotatable bonds is 15. The van der Waals surface area contributed by atoms with Gasteiger partial charge in [0.1, 0.15) is 5.84 Å². The maximum Gasteiger partial charge on any atom is 0.140 e. The Hall–Kier alpha value is -10.2. The lowest BCUT2D eigenvalue weighted by Gasteiger charge is -2.27. The normalized spacial score (nSPS) is 16.4. The Balaban J connectivity index is 0.000000848. The second-order valence-corrected chi connectivity index (χ2v) is 24.1. The first-order valence-electron chi connectivity index (χ1n) is 34.3. The number of nitrogens with zero attached hydrogens (tertiary/aromatic N) is 3. The number of benzene rings is 7. The molecule has 11 rings (SSSR count). The number of hydrogen-bond acceptors (Lipinski definition) is 4. The minimum atomic E-state index is 0.338. The van der Waals surface area contributed by atoms with Crippen LogP contribution in [0.25, 0.3) is 44.7 Å². The van der Waals surface area contributed by atoms with Crippen LogP contribution in [0.4, 0.5) is 5.69 Å². The number of pyridine rings is 1. The topological polar surface area (TPSA) is 28.5 Å². The zero-order valence-corrected chi connectivity index (χ0v) is 59.9. The molecule has 0 bridgehead atoms. The molecule has 97 heavy (non-hydrogen) atoms. The van der Waals surface area contributed by atoms with Gasteiger partial charge in [0.05, 0.1) is 6.54 Å². The van der Waals surface area contributed by atoms with Crippen molar-refractivity contribution in [2.75, 3.05) is 17.7 Å². The van der Waals surface area contributed by atoms with Crippen LogP contribution in [-0.2, 0) is 0 Å². The van der Waals surface area contributed by atoms with Crippen LogP contribution in [-0.4, -0.2) is 23.6 Å². The second kappa shape index (κ2) is 37.2. The summed E-state index contributed by atoms with van der Waals surface area (Å²) >= 11 is 3.53. The number of aliphatic imine (C=N–C) groups is 1. The van der Waals surface area contributed by atoms with Crippen LogP contribution < -0.4 is 15.3 Å². The molecule has 4 heteroatoms. The van der Waals surface area contributed by atoms with Crippen molar-refractivity contribution >= 4 is 57.7 Å². The van der Waals surface area contributed by atoms with Crippen molar-refractivity contribution in [1.29, 1.82) is 0 Å². The number of hydrogen-bond donors (Lipinski definition) is 1. The minimum absolute atomic E-state index is 0.338. The molecule has 3 unspecified atom stereocenters. The summed E-state index contributed by atoms with van der Waals surface area (Å²) in [5.74, 6) is 1.89. The predicted molar refractivity (Wildman–Crippen MR) is 425 cm³/mol. The van der Waals surface area contributed by atoms with E-state index in [4.69, 9.17) is 9.98 Å². The summed E-state index contributed by atoms with van der Waals surface area (Å²) in [5.41, 5.74) is 37.4. The van der Waals surface area contributed by atoms with Crippen molar-refractivity contribution in [1.82, 2.24) is 4.98 Å². The smallest absolute Gasteiger partial charge is 0.140 e. The zero-order chi connectivity index (χ0) is 69.1. The maximum atomic E-state index is 5.26. The Morgan fingerprint density at radius 2 is 1.32 bits per heavy atom. The van der Waals surface area contributed by atoms with Crippen molar-refractivity contribution < 1.29 is 0 Å². The number of allylic oxidation sites excluding steroid dienone is 14. The molecule has 0 N–H and O–H groups in total. The van der Waals surface area contributed by atoms with E-state index in [1.807, 2.05) is 82.5 Å². The molecule has 488 valence electrons. The van der Waals surface area contributed by atoms with Gasteiger partial charge in [-0.3, -0.25) is 14.9 Å². The minimum Gasteiger partial charge on any atom is -0.295 e. The number of thiol groups is 1. The molecule has 3 aliphatic rings. The molecule has 0 saturated heterocycles. The van der Waals surface area contributed by atoms with Crippen LogP contribution in [0.5, 0.6) is 0 Å². The van der Waals surface area contributed by atoms with E-state index in [0.717, 1.165) is 119 Å². The number of anilines is 1. The van der Waals surface area contributed by atoms with E-state index in [2.05, 4.69) is 314 Å². The fourth-order valence-corrected chi connectivity index (χ4v) is 12.1. The fraction of sp³-hybridized carbons (Fsp3) is 0.204. The highest BCUT2D eigenvalue weighted by molar-refractivity contribution is 7.79. The Kier molecular flexibility index (Phi) is 27.8. The Bertz CT molecular complexity index is 4650. The SMILES string of the molecule is C/C=C\C=C=CCCC.C=C1/C=C\C(c2cc(-c3ccc4c(c3)C(c3ccccc3)=c3ccc(C5=C=C/C(c6ccc(C(C)C(C)C(C)=C=C/C=C\C)c(C)c6)=C\C(C)C/C=C/5)cc3=C=C4c3ccccc3)cnc2C)=C/CN=C(c2ccccc2)N1c1ccccc1.CC.CS. The lowest BCUT2D eigenvalue weighted by Crippen LogP contribution is -2.30. The summed E-state index contributed by atoms with van der Waals surface area (Å²) in [5, 5.41) is 2.14. The van der Waals surface area contributed by atoms with Gasteiger partial charge in [0.25, 0.3) is 0 Å². The second-order valence-electron chi connectivity index (χ2n) is 24.1. The summed E-state index contributed by atoms with van der Waals surface area (Å²) in [4.78, 5) is 12.5. The average Bonchev–Trinajstić information content (AvgIpc) is 1.63. The van der Waals surface area contributed by atoms with Gasteiger partial charge in [-0.25, -0.2) is 0 Å². The largest absolute Gasteiger partial charge is 0.295 e. The Morgan fingerprint density at radius 3 is 2.00 bits per heavy atom. The maximum absolute atomic E-state index is 5.26. The molecule has 0 fully saturated rings. The van der Waals surface area contributed by atoms with Gasteiger partial charge < -0.3 is 0 Å². The first kappa shape index (κ1) is 72.6. The number of amidine groups is 1. The third kappa shape index (κ3) is 18.8. The molecule has 3 nitrogen and oxygen atoms in total. The third-order valence-electron chi connectivity index (χ3n) is 17.5. The lowest BCUT2D eigenvalue weighted by molar-refractivity contribution is 0.559. The first-order chi connectivity index (χ1) is 47.4. The van der Waals surface area contributed by atoms with Crippen molar-refractivity contribution in [2.45, 2.75) is 101 Å². The molecule has 0 radical (unpaired) electrons. The van der Waals surface area contributed by atoms with Gasteiger partial charge in [-0.05, 0) is 210 Å². The zero-order valence-electron chi connectivity index (χ0n) is 59.0. The number of unbranched alkanes of at least 4 members (excludes halogenated alkanes) is 1. The number of fused-ring (bicyclic) bond motifs is 2. The summed E-state index contributed by atoms with van der Waals surface area (Å²) in [7, 11) is 0. The van der Waals surface area contributed by atoms with Crippen molar-refractivity contribution in [3.05, 3.63) is 380 Å². The highest BCUT2D eigenvalue weighted by atomic mass is 32.1. The lowest BCUT2D eigenvalue weighted by atomic mass is 9.82. The van der Waals surface area contributed by atoms with Gasteiger partial charge in [-0.15, -0.1) is 22.9 Å². The summed E-state index contributed by atoms with van der Waals surface area (Å²) < 4.78 is 0. The molecule has 0 spiro atoms. The standard InChI is InChI=1S/C81H71N3.C9H14.C2H6.CH4S/c1-9-10-15-26-56(3)59(6)60(7)74-43-40-68(49-57(74)4)67-39-38-62(33-24-25-55(2)48-67)69-41-44-75-71(50-69)52-78(63-27-16-11-17-28-63)76-45-42-70(51-79(76)80(75)65-29-18-12-19-30-65)72-53-77(61(8)83-54-72)64-37-36-58(5)84(73-34-22-14-23-35-73)81(82-47-46-64)66-31-20-13-21-32-66;1-3-5-7-9-8-6-4-2;2*1-2/h9-24,27-37,39-46,48-51,53-55,59-60H,5,25,47H2,1-4,6-8H3;3,5,7-8H,4,6H2,1-2H3;1-2H3;2H,1H3/b10-9-,33-24+,37-36-,64-46+,67-48+,82-81?;5-3-;;. The molecular formula is C93H95N3S. The number of aromatic nitrogens is 1. The van der Waals surface area contributed by atoms with Crippen molar-refractivity contribution in [3.8, 4) is 11.1 Å². The molecule has 7 aromatic carbocycles. The van der Waals surface area contributed by atoms with Crippen LogP contribution in [0.2, 0.25) is 0 Å². The van der Waals surface area contributed by atoms with Crippen LogP contribution in [0.1, 0.15) is 149 Å². The highest BCUT2D eigenvalue weighted by Crippen LogP contribution is 2.38. The monoisotopic (exact) mass is 1290 g/mol. The molecule has 1 aliphatic heterocycles. The van der Waals surface area contributed by atoms with E-state index in [0.29, 0.717) is 24.3 Å². The molecular weight excluding hydrogens is 1190 g/mol. The Labute approximate surface area is 586 Å². The van der Waals surface area contributed by atoms with E-state index in [1.165, 1.54) is 34.3 Å². The van der Waals surface area contributed by atoms with Gasteiger partial charge in [-0.1, -0.05) is 261 Å². The van der Waals surface area contributed by atoms with Crippen molar-refractivity contribution in [3.63, 3.8) is 0 Å². The number of aryl methyl sites for hydroxylation is 2. The first-order valence-corrected chi connectivity index (χ1v) is 35.2. The predicted octanol–water partition coefficient (Wildman–Crippen LogP) is 23.1. The van der Waals surface area contributed by atoms with E-state index in [1.54, 1.807) is 6.26 Å². The van der Waals surface area contributed by atoms with Crippen LogP contribution in [0, 0.1) is 25.7 Å². The van der Waals surface area contributed by atoms with Crippen LogP contribution in [0.3, 0.4) is 0 Å². The fourth-order valence-electron chi connectivity index (χ4n) is 12.1. The van der Waals surface area contributed by atoms with E-state index in [-0.39, 0.29) is 0 Å². The summed E-state index contributed by atoms with van der Waals surface area (Å²) in [6, 6.07) is 65.3. The van der Waals surface area contributed by atoms with Crippen LogP contribution >= 0.6 is 12.6 Å². The Morgan fingerprint density at radius 1 is 0.680 bits per heavy atom. The van der Waals surface area contributed by atoms with E-state index >= 15 is 0 Å². The van der Waals surface area contributed by atoms with E-state index < -0.39 is 0 Å². The van der Waals surface area contributed by atoms with Crippen LogP contribution in [0.15, 0.2) is 313 Å². The van der Waals surface area contributed by atoms with Gasteiger partial charge in [-0.2, -0.15) is 12.6 Å². The van der Waals surface area contributed by atoms with Gasteiger partial charge in [0.2, 0.25) is 0 Å². The molecule has 0 saturated carbocycles. The average molecular weight is 1290 g/mol. The summed E-state index contributed by atoms with van der Waals surface area (Å²) in [6.07, 6.45) is 36.6. The quantitative estimate of drug-likeness (QED) is 0.0629. The molecule has 1 aromatic heterocycles. The van der Waals surface area contributed by atoms with Gasteiger partial charge in [0.15, 0.2) is 0 Å². The molecule has 0 amide bonds. The molecule has 8 aromatic rings. The number of para-hydroxylation sites is 1. The highest BCUT2D eigenvalue weighted by Gasteiger charge is 2.23. The van der Waals surface area contributed by atoms with Crippen molar-refractivity contribution in [2.24, 2.45) is 16.8 Å². The van der Waals surface area contributed by atoms with E-state index in [9.17, 15) is 0 Å².